The zero-order valence-electron chi connectivity index (χ0n) is 6.00. The fraction of sp³-hybridized carbons (Fsp3) is 0. The van der Waals surface area contributed by atoms with E-state index in [-0.39, 0.29) is 35.3 Å². The molecule has 0 saturated heterocycles. The predicted molar refractivity (Wildman–Crippen MR) is 42.0 cm³/mol. The molecule has 11 heavy (non-hydrogen) atoms. The van der Waals surface area contributed by atoms with E-state index in [9.17, 15) is 5.11 Å². The molecule has 2 N–H and O–H groups in total. The van der Waals surface area contributed by atoms with Gasteiger partial charge in [0.1, 0.15) is 0 Å². The molecule has 0 saturated carbocycles. The minimum absolute atomic E-state index is 0. The molecule has 0 aliphatic rings. The van der Waals surface area contributed by atoms with E-state index >= 15 is 0 Å². The summed E-state index contributed by atoms with van der Waals surface area (Å²) < 4.78 is 0. The van der Waals surface area contributed by atoms with Crippen LogP contribution < -0.4 is 40.4 Å². The average molecular weight is 198 g/mol. The number of benzene rings is 1. The van der Waals surface area contributed by atoms with Crippen LogP contribution in [0.5, 0.6) is 5.75 Å². The van der Waals surface area contributed by atoms with E-state index in [1.165, 1.54) is 6.07 Å². The van der Waals surface area contributed by atoms with Gasteiger partial charge < -0.3 is 10.8 Å². The molecule has 0 spiro atoms. The van der Waals surface area contributed by atoms with Gasteiger partial charge in [0, 0.05) is 10.6 Å². The van der Waals surface area contributed by atoms with Crippen LogP contribution in [0.2, 0.25) is 0 Å². The molecule has 0 aliphatic carbocycles. The number of nitrogen functional groups attached to an aromatic ring is 1. The molecule has 0 aromatic heterocycles. The summed E-state index contributed by atoms with van der Waals surface area (Å²) in [6.07, 6.45) is 0. The van der Waals surface area contributed by atoms with Crippen molar-refractivity contribution in [3.8, 4) is 5.75 Å². The van der Waals surface area contributed by atoms with E-state index in [1.54, 1.807) is 12.1 Å². The van der Waals surface area contributed by atoms with Gasteiger partial charge in [-0.15, -0.1) is 0 Å². The van der Waals surface area contributed by atoms with Gasteiger partial charge in [0.15, 0.2) is 0 Å². The molecule has 2 nitrogen and oxygen atoms in total. The second-order valence-corrected chi connectivity index (χ2v) is 2.78. The first kappa shape index (κ1) is 11.5. The van der Waals surface area contributed by atoms with Crippen molar-refractivity contribution < 1.29 is 34.7 Å². The summed E-state index contributed by atoms with van der Waals surface area (Å²) in [5.74, 6) is -0.125. The second-order valence-electron chi connectivity index (χ2n) is 1.75. The quantitative estimate of drug-likeness (QED) is 0.445. The maximum atomic E-state index is 10.9. The van der Waals surface area contributed by atoms with Crippen molar-refractivity contribution in [1.82, 2.24) is 0 Å². The molecule has 0 unspecified atom stereocenters. The van der Waals surface area contributed by atoms with Crippen LogP contribution in [-0.2, 0) is 0 Å². The second kappa shape index (κ2) is 5.17. The van der Waals surface area contributed by atoms with Gasteiger partial charge in [0.2, 0.25) is 0 Å². The standard InChI is InChI=1S/C6H6ClNOS.Na/c7-10-6-4(8)2-1-3-5(6)9;/h1-3,9H,8H2;/q;+1/p-1. The summed E-state index contributed by atoms with van der Waals surface area (Å²) in [5.41, 5.74) is 5.86. The van der Waals surface area contributed by atoms with E-state index in [0.717, 1.165) is 11.0 Å². The first-order valence-electron chi connectivity index (χ1n) is 2.60. The van der Waals surface area contributed by atoms with Crippen molar-refractivity contribution in [2.45, 2.75) is 4.90 Å². The van der Waals surface area contributed by atoms with Gasteiger partial charge in [-0.05, 0) is 27.7 Å². The van der Waals surface area contributed by atoms with Gasteiger partial charge in [-0.1, -0.05) is 17.9 Å². The number of rotatable bonds is 1. The molecule has 0 heterocycles. The third-order valence-electron chi connectivity index (χ3n) is 1.09. The summed E-state index contributed by atoms with van der Waals surface area (Å²) in [4.78, 5) is 0.407. The van der Waals surface area contributed by atoms with E-state index in [1.807, 2.05) is 0 Å². The van der Waals surface area contributed by atoms with Gasteiger partial charge in [-0.3, -0.25) is 0 Å². The van der Waals surface area contributed by atoms with Crippen molar-refractivity contribution in [2.24, 2.45) is 0 Å². The molecule has 0 amide bonds. The van der Waals surface area contributed by atoms with Crippen molar-refractivity contribution in [3.63, 3.8) is 0 Å². The number of nitrogens with two attached hydrogens (primary N) is 1. The van der Waals surface area contributed by atoms with Crippen LogP contribution in [0.4, 0.5) is 5.69 Å². The van der Waals surface area contributed by atoms with Crippen molar-refractivity contribution in [1.29, 1.82) is 0 Å². The summed E-state index contributed by atoms with van der Waals surface area (Å²) in [7, 11) is 6.23. The molecular weight excluding hydrogens is 193 g/mol. The van der Waals surface area contributed by atoms with Gasteiger partial charge in [-0.2, -0.15) is 0 Å². The minimum atomic E-state index is -0.125. The molecule has 1 rings (SSSR count). The van der Waals surface area contributed by atoms with Crippen molar-refractivity contribution in [3.05, 3.63) is 18.2 Å². The Bertz CT molecular complexity index is 226. The molecule has 0 bridgehead atoms. The van der Waals surface area contributed by atoms with Crippen LogP contribution in [0.25, 0.3) is 0 Å². The third kappa shape index (κ3) is 2.76. The zero-order valence-corrected chi connectivity index (χ0v) is 9.58. The molecular formula is C6H5ClNNaOS. The molecule has 5 heteroatoms. The van der Waals surface area contributed by atoms with E-state index < -0.39 is 0 Å². The monoisotopic (exact) mass is 197 g/mol. The Hall–Kier alpha value is 0.460. The number of halogens is 1. The predicted octanol–water partition coefficient (Wildman–Crippen LogP) is -1.41. The number of hydrogen-bond donors (Lipinski definition) is 1. The van der Waals surface area contributed by atoms with Crippen LogP contribution >= 0.6 is 21.7 Å². The minimum Gasteiger partial charge on any atom is -0.872 e. The third-order valence-corrected chi connectivity index (χ3v) is 2.14. The SMILES string of the molecule is Nc1cccc([O-])c1SCl.[Na+]. The van der Waals surface area contributed by atoms with Crippen LogP contribution in [-0.4, -0.2) is 0 Å². The molecule has 0 fully saturated rings. The maximum absolute atomic E-state index is 10.9. The Kier molecular flexibility index (Phi) is 5.38. The van der Waals surface area contributed by atoms with Crippen LogP contribution in [0.15, 0.2) is 23.1 Å². The van der Waals surface area contributed by atoms with Crippen molar-refractivity contribution >= 4 is 27.3 Å². The molecule has 0 radical (unpaired) electrons. The van der Waals surface area contributed by atoms with Gasteiger partial charge in [0.05, 0.1) is 0 Å². The normalized spacial score (nSPS) is 8.82. The van der Waals surface area contributed by atoms with Crippen LogP contribution in [0.3, 0.4) is 0 Å². The summed E-state index contributed by atoms with van der Waals surface area (Å²) in [6, 6.07) is 4.68. The Morgan fingerprint density at radius 2 is 2.09 bits per heavy atom. The summed E-state index contributed by atoms with van der Waals surface area (Å²) in [5, 5.41) is 10.9. The Balaban J connectivity index is 0.000001000. The topological polar surface area (TPSA) is 49.1 Å². The average Bonchev–Trinajstić information content (AvgIpc) is 1.88. The first-order chi connectivity index (χ1) is 4.75. The van der Waals surface area contributed by atoms with Crippen molar-refractivity contribution in [2.75, 3.05) is 5.73 Å². The fourth-order valence-electron chi connectivity index (χ4n) is 0.615. The summed E-state index contributed by atoms with van der Waals surface area (Å²) >= 11 is 0. The Labute approximate surface area is 95.9 Å². The first-order valence-corrected chi connectivity index (χ1v) is 4.24. The molecule has 0 aliphatic heterocycles. The Morgan fingerprint density at radius 3 is 2.45 bits per heavy atom. The van der Waals surface area contributed by atoms with E-state index in [4.69, 9.17) is 16.4 Å². The number of anilines is 1. The van der Waals surface area contributed by atoms with E-state index in [2.05, 4.69) is 0 Å². The molecule has 1 aromatic carbocycles. The smallest absolute Gasteiger partial charge is 0.872 e. The van der Waals surface area contributed by atoms with Gasteiger partial charge in [-0.25, -0.2) is 0 Å². The molecule has 1 aromatic rings. The van der Waals surface area contributed by atoms with E-state index in [0.29, 0.717) is 10.6 Å². The van der Waals surface area contributed by atoms with Crippen LogP contribution in [0.1, 0.15) is 0 Å². The van der Waals surface area contributed by atoms with Gasteiger partial charge >= 0.3 is 29.6 Å². The fourth-order valence-corrected chi connectivity index (χ4v) is 1.41. The maximum Gasteiger partial charge on any atom is 1.00 e. The number of hydrogen-bond acceptors (Lipinski definition) is 3. The summed E-state index contributed by atoms with van der Waals surface area (Å²) in [6.45, 7) is 0. The zero-order chi connectivity index (χ0) is 7.56. The Morgan fingerprint density at radius 1 is 1.45 bits per heavy atom. The molecule has 54 valence electrons. The van der Waals surface area contributed by atoms with Crippen LogP contribution in [0, 0.1) is 0 Å². The van der Waals surface area contributed by atoms with Gasteiger partial charge in [0.25, 0.3) is 0 Å². The largest absolute Gasteiger partial charge is 1.00 e. The molecule has 0 atom stereocenters.